The minimum atomic E-state index is -0.426. The van der Waals surface area contributed by atoms with Crippen LogP contribution in [0.25, 0.3) is 0 Å². The number of halogens is 1. The maximum absolute atomic E-state index is 13.4. The Hall–Kier alpha value is -2.01. The second-order valence-corrected chi connectivity index (χ2v) is 5.73. The van der Waals surface area contributed by atoms with Gasteiger partial charge in [-0.05, 0) is 36.8 Å². The normalized spacial score (nSPS) is 10.4. The van der Waals surface area contributed by atoms with Gasteiger partial charge in [0.1, 0.15) is 5.82 Å². The molecule has 0 spiro atoms. The summed E-state index contributed by atoms with van der Waals surface area (Å²) in [4.78, 5) is 12.9. The number of nitrogens with one attached hydrogen (secondary N) is 1. The number of thioether (sulfide) groups is 1. The Morgan fingerprint density at radius 1 is 1.24 bits per heavy atom. The molecule has 3 N–H and O–H groups in total. The number of amides is 1. The zero-order valence-corrected chi connectivity index (χ0v) is 12.5. The van der Waals surface area contributed by atoms with Crippen LogP contribution in [0.15, 0.2) is 47.4 Å². The van der Waals surface area contributed by atoms with Gasteiger partial charge in [0.05, 0.1) is 5.69 Å². The minimum Gasteiger partial charge on any atom is -0.398 e. The number of carbonyl (C=O) groups is 1. The predicted molar refractivity (Wildman–Crippen MR) is 86.0 cm³/mol. The third-order valence-corrected chi connectivity index (χ3v) is 4.22. The van der Waals surface area contributed by atoms with Gasteiger partial charge < -0.3 is 11.1 Å². The highest BCUT2D eigenvalue weighted by atomic mass is 32.2. The molecule has 2 rings (SSSR count). The van der Waals surface area contributed by atoms with Gasteiger partial charge in [-0.2, -0.15) is 0 Å². The van der Waals surface area contributed by atoms with E-state index in [2.05, 4.69) is 5.32 Å². The van der Waals surface area contributed by atoms with Crippen molar-refractivity contribution >= 4 is 29.0 Å². The number of benzene rings is 2. The molecule has 0 radical (unpaired) electrons. The van der Waals surface area contributed by atoms with Crippen LogP contribution in [0.1, 0.15) is 12.0 Å². The zero-order chi connectivity index (χ0) is 15.2. The van der Waals surface area contributed by atoms with Crippen LogP contribution in [0.4, 0.5) is 15.8 Å². The Balaban J connectivity index is 1.85. The number of para-hydroxylation sites is 1. The van der Waals surface area contributed by atoms with Crippen LogP contribution in [0.3, 0.4) is 0 Å². The molecule has 2 aromatic rings. The summed E-state index contributed by atoms with van der Waals surface area (Å²) in [6.07, 6.45) is 0.313. The molecule has 0 saturated heterocycles. The average Bonchev–Trinajstić information content (AvgIpc) is 2.46. The first-order chi connectivity index (χ1) is 10.1. The van der Waals surface area contributed by atoms with Crippen molar-refractivity contribution in [3.63, 3.8) is 0 Å². The van der Waals surface area contributed by atoms with Crippen LogP contribution >= 0.6 is 11.8 Å². The average molecular weight is 304 g/mol. The molecule has 0 aliphatic heterocycles. The number of nitrogens with two attached hydrogens (primary N) is 1. The Labute approximate surface area is 127 Å². The van der Waals surface area contributed by atoms with Crippen LogP contribution in [0.2, 0.25) is 0 Å². The summed E-state index contributed by atoms with van der Waals surface area (Å²) < 4.78 is 13.4. The maximum Gasteiger partial charge on any atom is 0.225 e. The third-order valence-electron chi connectivity index (χ3n) is 3.06. The van der Waals surface area contributed by atoms with Crippen molar-refractivity contribution in [1.29, 1.82) is 0 Å². The Bertz CT molecular complexity index is 646. The van der Waals surface area contributed by atoms with Crippen LogP contribution in [-0.2, 0) is 4.79 Å². The van der Waals surface area contributed by atoms with E-state index in [4.69, 9.17) is 5.73 Å². The maximum atomic E-state index is 13.4. The topological polar surface area (TPSA) is 55.1 Å². The summed E-state index contributed by atoms with van der Waals surface area (Å²) in [7, 11) is 0. The predicted octanol–water partition coefficient (Wildman–Crippen LogP) is 3.84. The lowest BCUT2D eigenvalue weighted by Gasteiger charge is -2.08. The van der Waals surface area contributed by atoms with E-state index in [0.29, 0.717) is 12.2 Å². The molecule has 0 fully saturated rings. The van der Waals surface area contributed by atoms with Crippen LogP contribution < -0.4 is 11.1 Å². The molecular weight excluding hydrogens is 287 g/mol. The van der Waals surface area contributed by atoms with E-state index in [1.807, 2.05) is 25.1 Å². The van der Waals surface area contributed by atoms with E-state index in [1.54, 1.807) is 30.0 Å². The van der Waals surface area contributed by atoms with Crippen molar-refractivity contribution in [2.24, 2.45) is 0 Å². The van der Waals surface area contributed by atoms with Crippen molar-refractivity contribution < 1.29 is 9.18 Å². The number of carbonyl (C=O) groups excluding carboxylic acids is 1. The van der Waals surface area contributed by atoms with E-state index < -0.39 is 5.82 Å². The number of hydrogen-bond acceptors (Lipinski definition) is 3. The van der Waals surface area contributed by atoms with Crippen LogP contribution in [0.5, 0.6) is 0 Å². The highest BCUT2D eigenvalue weighted by Crippen LogP contribution is 2.26. The van der Waals surface area contributed by atoms with Crippen molar-refractivity contribution in [2.45, 2.75) is 18.2 Å². The van der Waals surface area contributed by atoms with Gasteiger partial charge >= 0.3 is 0 Å². The molecule has 0 heterocycles. The third kappa shape index (κ3) is 4.23. The number of anilines is 2. The molecule has 5 heteroatoms. The highest BCUT2D eigenvalue weighted by Gasteiger charge is 2.07. The molecule has 0 atom stereocenters. The van der Waals surface area contributed by atoms with Gasteiger partial charge in [-0.1, -0.05) is 18.2 Å². The monoisotopic (exact) mass is 304 g/mol. The van der Waals surface area contributed by atoms with E-state index in [0.717, 1.165) is 16.1 Å². The van der Waals surface area contributed by atoms with Gasteiger partial charge in [0.2, 0.25) is 5.91 Å². The van der Waals surface area contributed by atoms with Crippen molar-refractivity contribution in [3.05, 3.63) is 53.8 Å². The lowest BCUT2D eigenvalue weighted by Crippen LogP contribution is -2.13. The molecule has 21 heavy (non-hydrogen) atoms. The first-order valence-electron chi connectivity index (χ1n) is 6.60. The molecule has 3 nitrogen and oxygen atoms in total. The first kappa shape index (κ1) is 15.4. The lowest BCUT2D eigenvalue weighted by molar-refractivity contribution is -0.115. The number of nitrogen functional groups attached to an aromatic ring is 1. The Morgan fingerprint density at radius 2 is 2.00 bits per heavy atom. The fourth-order valence-electron chi connectivity index (χ4n) is 1.82. The summed E-state index contributed by atoms with van der Waals surface area (Å²) in [5.41, 5.74) is 7.82. The van der Waals surface area contributed by atoms with Crippen LogP contribution in [-0.4, -0.2) is 11.7 Å². The second-order valence-electron chi connectivity index (χ2n) is 4.60. The van der Waals surface area contributed by atoms with Gasteiger partial charge in [-0.15, -0.1) is 11.8 Å². The highest BCUT2D eigenvalue weighted by molar-refractivity contribution is 7.99. The standard InChI is InChI=1S/C16H17FN2OS/c1-11-13(18)6-4-8-15(11)21-10-9-16(20)19-14-7-3-2-5-12(14)17/h2-8H,9-10,18H2,1H3,(H,19,20). The smallest absolute Gasteiger partial charge is 0.225 e. The fraction of sp³-hybridized carbons (Fsp3) is 0.188. The van der Waals surface area contributed by atoms with E-state index >= 15 is 0 Å². The molecule has 0 bridgehead atoms. The zero-order valence-electron chi connectivity index (χ0n) is 11.7. The summed E-state index contributed by atoms with van der Waals surface area (Å²) in [6.45, 7) is 1.96. The van der Waals surface area contributed by atoms with E-state index in [-0.39, 0.29) is 11.6 Å². The quantitative estimate of drug-likeness (QED) is 0.652. The van der Waals surface area contributed by atoms with E-state index in [1.165, 1.54) is 6.07 Å². The summed E-state index contributed by atoms with van der Waals surface area (Å²) in [6, 6.07) is 11.9. The molecule has 0 unspecified atom stereocenters. The molecule has 0 saturated carbocycles. The molecular formula is C16H17FN2OS. The molecule has 0 aromatic heterocycles. The van der Waals surface area contributed by atoms with Gasteiger partial charge in [-0.25, -0.2) is 4.39 Å². The molecule has 110 valence electrons. The van der Waals surface area contributed by atoms with Gasteiger partial charge in [0, 0.05) is 22.8 Å². The molecule has 0 aliphatic rings. The summed E-state index contributed by atoms with van der Waals surface area (Å²) in [5, 5.41) is 2.57. The minimum absolute atomic E-state index is 0.200. The SMILES string of the molecule is Cc1c(N)cccc1SCCC(=O)Nc1ccccc1F. The number of rotatable bonds is 5. The molecule has 2 aromatic carbocycles. The Morgan fingerprint density at radius 3 is 2.76 bits per heavy atom. The Kier molecular flexibility index (Phi) is 5.22. The van der Waals surface area contributed by atoms with Crippen molar-refractivity contribution in [2.75, 3.05) is 16.8 Å². The summed E-state index contributed by atoms with van der Waals surface area (Å²) in [5.74, 6) is -0.00996. The molecule has 1 amide bonds. The number of hydrogen-bond donors (Lipinski definition) is 2. The first-order valence-corrected chi connectivity index (χ1v) is 7.59. The van der Waals surface area contributed by atoms with Gasteiger partial charge in [0.25, 0.3) is 0 Å². The fourth-order valence-corrected chi connectivity index (χ4v) is 2.83. The van der Waals surface area contributed by atoms with Crippen molar-refractivity contribution in [1.82, 2.24) is 0 Å². The molecule has 0 aliphatic carbocycles. The summed E-state index contributed by atoms with van der Waals surface area (Å²) >= 11 is 1.57. The largest absolute Gasteiger partial charge is 0.398 e. The van der Waals surface area contributed by atoms with Gasteiger partial charge in [0.15, 0.2) is 0 Å². The van der Waals surface area contributed by atoms with Crippen molar-refractivity contribution in [3.8, 4) is 0 Å². The lowest BCUT2D eigenvalue weighted by atomic mass is 10.2. The van der Waals surface area contributed by atoms with E-state index in [9.17, 15) is 9.18 Å². The van der Waals surface area contributed by atoms with Crippen LogP contribution in [0, 0.1) is 12.7 Å². The second kappa shape index (κ2) is 7.13. The van der Waals surface area contributed by atoms with Gasteiger partial charge in [-0.3, -0.25) is 4.79 Å².